The van der Waals surface area contributed by atoms with Crippen LogP contribution in [0.1, 0.15) is 27.6 Å². The predicted molar refractivity (Wildman–Crippen MR) is 94.9 cm³/mol. The highest BCUT2D eigenvalue weighted by molar-refractivity contribution is 9.10. The number of nitrogens with one attached hydrogen (secondary N) is 1. The number of anilines is 2. The van der Waals surface area contributed by atoms with Gasteiger partial charge in [-0.2, -0.15) is 0 Å². The average molecular weight is 412 g/mol. The smallest absolute Gasteiger partial charge is 0.341 e. The fourth-order valence-corrected chi connectivity index (χ4v) is 2.95. The van der Waals surface area contributed by atoms with Gasteiger partial charge in [-0.1, -0.05) is 15.9 Å². The maximum Gasteiger partial charge on any atom is 0.341 e. The summed E-state index contributed by atoms with van der Waals surface area (Å²) >= 11 is 4.38. The first-order valence-corrected chi connectivity index (χ1v) is 8.41. The third-order valence-electron chi connectivity index (χ3n) is 3.06. The van der Waals surface area contributed by atoms with Crippen molar-refractivity contribution in [3.05, 3.63) is 45.2 Å². The van der Waals surface area contributed by atoms with Crippen molar-refractivity contribution in [3.8, 4) is 0 Å². The molecule has 0 aliphatic heterocycles. The zero-order valence-electron chi connectivity index (χ0n) is 12.5. The second-order valence-electron chi connectivity index (χ2n) is 4.80. The van der Waals surface area contributed by atoms with Gasteiger partial charge in [0.2, 0.25) is 0 Å². The third kappa shape index (κ3) is 4.12. The van der Waals surface area contributed by atoms with Crippen molar-refractivity contribution < 1.29 is 19.1 Å². The monoisotopic (exact) mass is 411 g/mol. The minimum absolute atomic E-state index is 0.151. The molecule has 7 nitrogen and oxygen atoms in total. The van der Waals surface area contributed by atoms with Gasteiger partial charge in [0.25, 0.3) is 11.8 Å². The number of esters is 1. The molecule has 2 rings (SSSR count). The molecule has 9 heteroatoms. The summed E-state index contributed by atoms with van der Waals surface area (Å²) in [5, 5.41) is 4.44. The number of nitrogen functional groups attached to an aromatic ring is 1. The van der Waals surface area contributed by atoms with Crippen LogP contribution >= 0.6 is 27.3 Å². The summed E-state index contributed by atoms with van der Waals surface area (Å²) < 4.78 is 5.78. The summed E-state index contributed by atoms with van der Waals surface area (Å²) in [5.41, 5.74) is 11.5. The largest absolute Gasteiger partial charge is 0.449 e. The van der Waals surface area contributed by atoms with Crippen LogP contribution in [0.5, 0.6) is 0 Å². The molecular formula is C15H14BrN3O4S. The molecule has 5 N–H and O–H groups in total. The van der Waals surface area contributed by atoms with Crippen LogP contribution in [-0.2, 0) is 9.53 Å². The number of hydrogen-bond donors (Lipinski definition) is 3. The molecule has 0 bridgehead atoms. The topological polar surface area (TPSA) is 125 Å². The number of primary amides is 1. The summed E-state index contributed by atoms with van der Waals surface area (Å²) in [6.45, 7) is 1.42. The lowest BCUT2D eigenvalue weighted by Crippen LogP contribution is -2.30. The Balaban J connectivity index is 2.06. The standard InChI is InChI=1S/C15H14BrN3O4S/c1-7(13(21)19-14-9(12(18)20)4-5-24-14)23-15(22)10-6-8(16)2-3-11(10)17/h2-7H,17H2,1H3,(H2,18,20)(H,19,21)/t7-/m1/s1. The van der Waals surface area contributed by atoms with E-state index in [0.29, 0.717) is 9.47 Å². The third-order valence-corrected chi connectivity index (χ3v) is 4.38. The van der Waals surface area contributed by atoms with Gasteiger partial charge < -0.3 is 21.5 Å². The zero-order chi connectivity index (χ0) is 17.9. The number of rotatable bonds is 5. The van der Waals surface area contributed by atoms with Crippen LogP contribution in [0.3, 0.4) is 0 Å². The Morgan fingerprint density at radius 3 is 2.62 bits per heavy atom. The van der Waals surface area contributed by atoms with E-state index < -0.39 is 23.9 Å². The first kappa shape index (κ1) is 18.0. The lowest BCUT2D eigenvalue weighted by atomic mass is 10.2. The molecule has 1 atom stereocenters. The highest BCUT2D eigenvalue weighted by atomic mass is 79.9. The first-order valence-electron chi connectivity index (χ1n) is 6.73. The van der Waals surface area contributed by atoms with Gasteiger partial charge in [-0.15, -0.1) is 11.3 Å². The lowest BCUT2D eigenvalue weighted by molar-refractivity contribution is -0.123. The SMILES string of the molecule is C[C@@H](OC(=O)c1cc(Br)ccc1N)C(=O)Nc1sccc1C(N)=O. The zero-order valence-corrected chi connectivity index (χ0v) is 14.9. The van der Waals surface area contributed by atoms with Crippen LogP contribution in [0.2, 0.25) is 0 Å². The summed E-state index contributed by atoms with van der Waals surface area (Å²) in [7, 11) is 0. The van der Waals surface area contributed by atoms with Gasteiger partial charge in [-0.25, -0.2) is 4.79 Å². The van der Waals surface area contributed by atoms with Crippen molar-refractivity contribution in [1.82, 2.24) is 0 Å². The quantitative estimate of drug-likeness (QED) is 0.514. The molecular weight excluding hydrogens is 398 g/mol. The van der Waals surface area contributed by atoms with E-state index >= 15 is 0 Å². The van der Waals surface area contributed by atoms with Gasteiger partial charge in [0.1, 0.15) is 5.00 Å². The molecule has 0 radical (unpaired) electrons. The molecule has 2 aromatic rings. The number of halogens is 1. The van der Waals surface area contributed by atoms with Crippen LogP contribution < -0.4 is 16.8 Å². The number of amides is 2. The number of benzene rings is 1. The summed E-state index contributed by atoms with van der Waals surface area (Å²) in [6.07, 6.45) is -1.08. The Bertz CT molecular complexity index is 806. The molecule has 0 aliphatic rings. The normalized spacial score (nSPS) is 11.6. The van der Waals surface area contributed by atoms with Crippen LogP contribution in [0.25, 0.3) is 0 Å². The average Bonchev–Trinajstić information content (AvgIpc) is 2.97. The van der Waals surface area contributed by atoms with Gasteiger partial charge in [0, 0.05) is 10.2 Å². The van der Waals surface area contributed by atoms with E-state index in [1.807, 2.05) is 0 Å². The molecule has 126 valence electrons. The predicted octanol–water partition coefficient (Wildman–Crippen LogP) is 2.38. The summed E-state index contributed by atoms with van der Waals surface area (Å²) in [4.78, 5) is 35.5. The van der Waals surface area contributed by atoms with Gasteiger partial charge in [-0.05, 0) is 36.6 Å². The van der Waals surface area contributed by atoms with Crippen molar-refractivity contribution in [2.24, 2.45) is 5.73 Å². The highest BCUT2D eigenvalue weighted by Crippen LogP contribution is 2.23. The fourth-order valence-electron chi connectivity index (χ4n) is 1.80. The Morgan fingerprint density at radius 1 is 1.25 bits per heavy atom. The number of carbonyl (C=O) groups excluding carboxylic acids is 3. The number of carbonyl (C=O) groups is 3. The number of hydrogen-bond acceptors (Lipinski definition) is 6. The minimum atomic E-state index is -1.08. The Morgan fingerprint density at radius 2 is 1.96 bits per heavy atom. The van der Waals surface area contributed by atoms with Crippen LogP contribution in [-0.4, -0.2) is 23.9 Å². The molecule has 2 amide bonds. The number of nitrogens with two attached hydrogens (primary N) is 2. The van der Waals surface area contributed by atoms with Crippen LogP contribution in [0.15, 0.2) is 34.1 Å². The van der Waals surface area contributed by atoms with Gasteiger partial charge in [-0.3, -0.25) is 9.59 Å². The fraction of sp³-hybridized carbons (Fsp3) is 0.133. The lowest BCUT2D eigenvalue weighted by Gasteiger charge is -2.14. The van der Waals surface area contributed by atoms with E-state index in [1.54, 1.807) is 17.5 Å². The van der Waals surface area contributed by atoms with Gasteiger partial charge >= 0.3 is 5.97 Å². The molecule has 0 unspecified atom stereocenters. The van der Waals surface area contributed by atoms with Crippen molar-refractivity contribution in [2.45, 2.75) is 13.0 Å². The van der Waals surface area contributed by atoms with Crippen molar-refractivity contribution in [1.29, 1.82) is 0 Å². The number of thiophene rings is 1. The molecule has 0 spiro atoms. The molecule has 0 fully saturated rings. The Hall–Kier alpha value is -2.39. The Kier molecular flexibility index (Phi) is 5.58. The van der Waals surface area contributed by atoms with E-state index in [0.717, 1.165) is 11.3 Å². The maximum atomic E-state index is 12.1. The van der Waals surface area contributed by atoms with Crippen molar-refractivity contribution >= 4 is 55.7 Å². The first-order chi connectivity index (χ1) is 11.3. The van der Waals surface area contributed by atoms with Gasteiger partial charge in [0.15, 0.2) is 6.10 Å². The van der Waals surface area contributed by atoms with E-state index in [2.05, 4.69) is 21.2 Å². The molecule has 0 aliphatic carbocycles. The minimum Gasteiger partial charge on any atom is -0.449 e. The van der Waals surface area contributed by atoms with Crippen LogP contribution in [0, 0.1) is 0 Å². The molecule has 1 aromatic heterocycles. The molecule has 1 aromatic carbocycles. The molecule has 0 saturated carbocycles. The van der Waals surface area contributed by atoms with E-state index in [1.165, 1.54) is 19.1 Å². The second kappa shape index (κ2) is 7.45. The van der Waals surface area contributed by atoms with E-state index in [-0.39, 0.29) is 16.8 Å². The Labute approximate surface area is 150 Å². The second-order valence-corrected chi connectivity index (χ2v) is 6.63. The summed E-state index contributed by atoms with van der Waals surface area (Å²) in [5.74, 6) is -1.96. The molecule has 0 saturated heterocycles. The highest BCUT2D eigenvalue weighted by Gasteiger charge is 2.22. The molecule has 1 heterocycles. The van der Waals surface area contributed by atoms with Gasteiger partial charge in [0.05, 0.1) is 11.1 Å². The summed E-state index contributed by atoms with van der Waals surface area (Å²) in [6, 6.07) is 6.24. The van der Waals surface area contributed by atoms with Crippen molar-refractivity contribution in [3.63, 3.8) is 0 Å². The van der Waals surface area contributed by atoms with E-state index in [9.17, 15) is 14.4 Å². The number of ether oxygens (including phenoxy) is 1. The van der Waals surface area contributed by atoms with E-state index in [4.69, 9.17) is 16.2 Å². The molecule has 24 heavy (non-hydrogen) atoms. The van der Waals surface area contributed by atoms with Crippen molar-refractivity contribution in [2.75, 3.05) is 11.1 Å². The maximum absolute atomic E-state index is 12.1. The van der Waals surface area contributed by atoms with Crippen LogP contribution in [0.4, 0.5) is 10.7 Å².